The molecule has 1 N–H and O–H groups in total. The minimum atomic E-state index is -0.604. The maximum absolute atomic E-state index is 12.7. The van der Waals surface area contributed by atoms with Crippen molar-refractivity contribution in [2.45, 2.75) is 38.5 Å². The Hall–Kier alpha value is -2.27. The van der Waals surface area contributed by atoms with E-state index >= 15 is 0 Å². The zero-order chi connectivity index (χ0) is 17.6. The molecule has 0 saturated carbocycles. The molecule has 2 aliphatic heterocycles. The van der Waals surface area contributed by atoms with Crippen molar-refractivity contribution < 1.29 is 14.3 Å². The minimum absolute atomic E-state index is 0.0519. The van der Waals surface area contributed by atoms with Crippen LogP contribution in [0.25, 0.3) is 10.8 Å². The quantitative estimate of drug-likeness (QED) is 0.912. The Morgan fingerprint density at radius 3 is 2.60 bits per heavy atom. The molecule has 0 bridgehead atoms. The van der Waals surface area contributed by atoms with Crippen LogP contribution in [0.2, 0.25) is 0 Å². The molecule has 0 unspecified atom stereocenters. The molecule has 1 spiro atoms. The molecule has 0 aromatic heterocycles. The molecule has 5 nitrogen and oxygen atoms in total. The van der Waals surface area contributed by atoms with Gasteiger partial charge in [0.05, 0.1) is 12.7 Å². The number of carbonyl (C=O) groups is 1. The van der Waals surface area contributed by atoms with Crippen molar-refractivity contribution in [3.05, 3.63) is 35.9 Å². The first-order valence-electron chi connectivity index (χ1n) is 8.88. The van der Waals surface area contributed by atoms with Crippen LogP contribution in [0.5, 0.6) is 11.5 Å². The zero-order valence-corrected chi connectivity index (χ0v) is 15.0. The Bertz CT molecular complexity index is 823. The van der Waals surface area contributed by atoms with E-state index in [0.717, 1.165) is 42.5 Å². The summed E-state index contributed by atoms with van der Waals surface area (Å²) in [5.41, 5.74) is -0.00927. The lowest BCUT2D eigenvalue weighted by molar-refractivity contribution is -0.0333. The van der Waals surface area contributed by atoms with E-state index < -0.39 is 5.72 Å². The lowest BCUT2D eigenvalue weighted by Gasteiger charge is -2.45. The molecule has 1 fully saturated rings. The third-order valence-corrected chi connectivity index (χ3v) is 5.40. The molecule has 1 amide bonds. The number of nitrogens with zero attached hydrogens (tertiary/aromatic N) is 1. The van der Waals surface area contributed by atoms with Gasteiger partial charge in [-0.3, -0.25) is 4.79 Å². The van der Waals surface area contributed by atoms with Gasteiger partial charge in [-0.05, 0) is 37.4 Å². The number of amides is 1. The van der Waals surface area contributed by atoms with Crippen molar-refractivity contribution in [1.29, 1.82) is 0 Å². The molecule has 2 aliphatic rings. The Balaban J connectivity index is 1.74. The summed E-state index contributed by atoms with van der Waals surface area (Å²) in [6.07, 6.45) is 1.58. The zero-order valence-electron chi connectivity index (χ0n) is 15.0. The molecule has 0 atom stereocenters. The number of likely N-dealkylation sites (tertiary alicyclic amines) is 1. The number of carbonyl (C=O) groups excluding carboxylic acids is 1. The van der Waals surface area contributed by atoms with E-state index in [9.17, 15) is 4.79 Å². The molecule has 4 rings (SSSR count). The van der Waals surface area contributed by atoms with Crippen molar-refractivity contribution in [3.63, 3.8) is 0 Å². The number of nitrogens with one attached hydrogen (secondary N) is 1. The van der Waals surface area contributed by atoms with Crippen molar-refractivity contribution in [2.75, 3.05) is 20.2 Å². The van der Waals surface area contributed by atoms with Crippen LogP contribution in [0.15, 0.2) is 30.3 Å². The second-order valence-corrected chi connectivity index (χ2v) is 7.21. The lowest BCUT2D eigenvalue weighted by atomic mass is 9.94. The summed E-state index contributed by atoms with van der Waals surface area (Å²) in [6.45, 7) is 6.24. The van der Waals surface area contributed by atoms with E-state index in [-0.39, 0.29) is 5.91 Å². The molecule has 2 aromatic rings. The minimum Gasteiger partial charge on any atom is -0.497 e. The van der Waals surface area contributed by atoms with E-state index in [1.165, 1.54) is 0 Å². The van der Waals surface area contributed by atoms with Crippen LogP contribution in [0.4, 0.5) is 0 Å². The van der Waals surface area contributed by atoms with Gasteiger partial charge in [0.25, 0.3) is 5.91 Å². The summed E-state index contributed by atoms with van der Waals surface area (Å²) in [5, 5.41) is 5.10. The summed E-state index contributed by atoms with van der Waals surface area (Å²) in [4.78, 5) is 15.2. The second-order valence-electron chi connectivity index (χ2n) is 7.21. The third kappa shape index (κ3) is 2.72. The predicted octanol–water partition coefficient (Wildman–Crippen LogP) is 3.17. The molecule has 0 aliphatic carbocycles. The largest absolute Gasteiger partial charge is 0.497 e. The molecule has 2 aromatic carbocycles. The number of hydrogen-bond acceptors (Lipinski definition) is 4. The Kier molecular flexibility index (Phi) is 3.84. The number of methoxy groups -OCH3 is 1. The highest BCUT2D eigenvalue weighted by Crippen LogP contribution is 2.39. The standard InChI is InChI=1S/C20H24N2O3/c1-13(2)22-10-8-20(9-11-22)21-19(23)16-7-5-14-4-6-15(24-3)12-17(14)18(16)25-20/h4-7,12-13H,8-11H2,1-3H3,(H,21,23). The maximum atomic E-state index is 12.7. The van der Waals surface area contributed by atoms with Gasteiger partial charge in [0.2, 0.25) is 0 Å². The fraction of sp³-hybridized carbons (Fsp3) is 0.450. The molecular weight excluding hydrogens is 316 g/mol. The van der Waals surface area contributed by atoms with E-state index in [1.54, 1.807) is 7.11 Å². The molecule has 132 valence electrons. The van der Waals surface area contributed by atoms with Crippen LogP contribution in [0, 0.1) is 0 Å². The predicted molar refractivity (Wildman–Crippen MR) is 97.3 cm³/mol. The fourth-order valence-electron chi connectivity index (χ4n) is 3.81. The van der Waals surface area contributed by atoms with Gasteiger partial charge in [0.15, 0.2) is 5.72 Å². The first-order chi connectivity index (χ1) is 12.0. The van der Waals surface area contributed by atoms with Crippen LogP contribution >= 0.6 is 0 Å². The summed E-state index contributed by atoms with van der Waals surface area (Å²) in [6, 6.07) is 10.2. The van der Waals surface area contributed by atoms with Gasteiger partial charge in [0, 0.05) is 37.4 Å². The summed E-state index contributed by atoms with van der Waals surface area (Å²) in [5.74, 6) is 1.39. The van der Waals surface area contributed by atoms with Gasteiger partial charge in [-0.1, -0.05) is 12.1 Å². The summed E-state index contributed by atoms with van der Waals surface area (Å²) < 4.78 is 11.8. The summed E-state index contributed by atoms with van der Waals surface area (Å²) >= 11 is 0. The molecule has 5 heteroatoms. The number of hydrogen-bond donors (Lipinski definition) is 1. The molecule has 0 radical (unpaired) electrons. The van der Waals surface area contributed by atoms with E-state index in [4.69, 9.17) is 9.47 Å². The van der Waals surface area contributed by atoms with Crippen molar-refractivity contribution in [1.82, 2.24) is 10.2 Å². The first-order valence-corrected chi connectivity index (χ1v) is 8.88. The third-order valence-electron chi connectivity index (χ3n) is 5.40. The average molecular weight is 340 g/mol. The van der Waals surface area contributed by atoms with E-state index in [2.05, 4.69) is 24.1 Å². The Morgan fingerprint density at radius 2 is 1.92 bits per heavy atom. The Labute approximate surface area is 147 Å². The normalized spacial score (nSPS) is 19.6. The number of ether oxygens (including phenoxy) is 2. The Morgan fingerprint density at radius 1 is 1.20 bits per heavy atom. The van der Waals surface area contributed by atoms with Gasteiger partial charge in [-0.2, -0.15) is 0 Å². The van der Waals surface area contributed by atoms with Gasteiger partial charge >= 0.3 is 0 Å². The molecule has 25 heavy (non-hydrogen) atoms. The SMILES string of the molecule is COc1ccc2ccc3c(c2c1)OC1(CCN(C(C)C)CC1)NC3=O. The van der Waals surface area contributed by atoms with Gasteiger partial charge in [-0.25, -0.2) is 0 Å². The van der Waals surface area contributed by atoms with Crippen LogP contribution in [0.3, 0.4) is 0 Å². The lowest BCUT2D eigenvalue weighted by Crippen LogP contribution is -2.61. The smallest absolute Gasteiger partial charge is 0.258 e. The fourth-order valence-corrected chi connectivity index (χ4v) is 3.81. The molecular formula is C20H24N2O3. The highest BCUT2D eigenvalue weighted by molar-refractivity contribution is 6.05. The van der Waals surface area contributed by atoms with Crippen LogP contribution in [-0.2, 0) is 0 Å². The maximum Gasteiger partial charge on any atom is 0.258 e. The van der Waals surface area contributed by atoms with Crippen LogP contribution < -0.4 is 14.8 Å². The second kappa shape index (κ2) is 5.92. The van der Waals surface area contributed by atoms with E-state index in [0.29, 0.717) is 17.4 Å². The molecule has 2 heterocycles. The number of rotatable bonds is 2. The number of piperidine rings is 1. The van der Waals surface area contributed by atoms with Gasteiger partial charge in [0.1, 0.15) is 11.5 Å². The van der Waals surface area contributed by atoms with Crippen molar-refractivity contribution in [3.8, 4) is 11.5 Å². The summed E-state index contributed by atoms with van der Waals surface area (Å²) in [7, 11) is 1.65. The average Bonchev–Trinajstić information content (AvgIpc) is 2.61. The van der Waals surface area contributed by atoms with E-state index in [1.807, 2.05) is 30.3 Å². The topological polar surface area (TPSA) is 50.8 Å². The number of fused-ring (bicyclic) bond motifs is 3. The highest BCUT2D eigenvalue weighted by atomic mass is 16.5. The van der Waals surface area contributed by atoms with Gasteiger partial charge < -0.3 is 19.7 Å². The van der Waals surface area contributed by atoms with Crippen molar-refractivity contribution in [2.24, 2.45) is 0 Å². The molecule has 1 saturated heterocycles. The van der Waals surface area contributed by atoms with Gasteiger partial charge in [-0.15, -0.1) is 0 Å². The van der Waals surface area contributed by atoms with Crippen molar-refractivity contribution >= 4 is 16.7 Å². The number of benzene rings is 2. The first kappa shape index (κ1) is 16.2. The highest BCUT2D eigenvalue weighted by Gasteiger charge is 2.43. The van der Waals surface area contributed by atoms with Crippen LogP contribution in [0.1, 0.15) is 37.0 Å². The van der Waals surface area contributed by atoms with Crippen LogP contribution in [-0.4, -0.2) is 42.8 Å². The monoisotopic (exact) mass is 340 g/mol.